The first-order valence-electron chi connectivity index (χ1n) is 7.96. The van der Waals surface area contributed by atoms with Crippen LogP contribution in [0, 0.1) is 0 Å². The molecule has 0 saturated carbocycles. The van der Waals surface area contributed by atoms with Crippen LogP contribution in [0.3, 0.4) is 0 Å². The zero-order chi connectivity index (χ0) is 19.3. The smallest absolute Gasteiger partial charge is 0.261 e. The van der Waals surface area contributed by atoms with Crippen molar-refractivity contribution in [2.24, 2.45) is 0 Å². The number of ether oxygens (including phenoxy) is 1. The summed E-state index contributed by atoms with van der Waals surface area (Å²) in [7, 11) is -2.21. The highest BCUT2D eigenvalue weighted by Gasteiger charge is 2.14. The van der Waals surface area contributed by atoms with Gasteiger partial charge in [0.15, 0.2) is 0 Å². The second-order valence-corrected chi connectivity index (χ2v) is 7.23. The predicted molar refractivity (Wildman–Crippen MR) is 102 cm³/mol. The fourth-order valence-corrected chi connectivity index (χ4v) is 3.36. The highest BCUT2D eigenvalue weighted by atomic mass is 32.2. The summed E-state index contributed by atoms with van der Waals surface area (Å²) in [6.07, 6.45) is 3.05. The topological polar surface area (TPSA) is 97.4 Å². The van der Waals surface area contributed by atoms with Gasteiger partial charge in [-0.3, -0.25) is 14.5 Å². The third-order valence-corrected chi connectivity index (χ3v) is 5.10. The van der Waals surface area contributed by atoms with Crippen molar-refractivity contribution >= 4 is 27.3 Å². The summed E-state index contributed by atoms with van der Waals surface area (Å²) in [6, 6.07) is 15.6. The van der Waals surface area contributed by atoms with Crippen LogP contribution in [0.15, 0.2) is 78.0 Å². The Morgan fingerprint density at radius 1 is 0.889 bits per heavy atom. The lowest BCUT2D eigenvalue weighted by molar-refractivity contribution is 0.102. The number of rotatable bonds is 6. The van der Waals surface area contributed by atoms with Gasteiger partial charge in [0.05, 0.1) is 12.0 Å². The maximum absolute atomic E-state index is 12.5. The van der Waals surface area contributed by atoms with Gasteiger partial charge in [0.2, 0.25) is 0 Å². The molecule has 0 bridgehead atoms. The van der Waals surface area contributed by atoms with Crippen LogP contribution in [0.5, 0.6) is 5.75 Å². The van der Waals surface area contributed by atoms with Crippen LogP contribution in [0.25, 0.3) is 0 Å². The normalized spacial score (nSPS) is 10.9. The van der Waals surface area contributed by atoms with Crippen molar-refractivity contribution < 1.29 is 17.9 Å². The van der Waals surface area contributed by atoms with Crippen LogP contribution in [-0.4, -0.2) is 26.4 Å². The largest absolute Gasteiger partial charge is 0.497 e. The van der Waals surface area contributed by atoms with Crippen molar-refractivity contribution in [1.82, 2.24) is 4.98 Å². The molecule has 0 aliphatic heterocycles. The molecule has 0 aliphatic carbocycles. The first-order valence-corrected chi connectivity index (χ1v) is 9.44. The average Bonchev–Trinajstić information content (AvgIpc) is 2.69. The monoisotopic (exact) mass is 383 g/mol. The van der Waals surface area contributed by atoms with Gasteiger partial charge in [0.25, 0.3) is 15.9 Å². The van der Waals surface area contributed by atoms with Crippen LogP contribution in [-0.2, 0) is 10.0 Å². The summed E-state index contributed by atoms with van der Waals surface area (Å²) < 4.78 is 32.5. The summed E-state index contributed by atoms with van der Waals surface area (Å²) in [4.78, 5) is 16.1. The lowest BCUT2D eigenvalue weighted by Crippen LogP contribution is -2.14. The van der Waals surface area contributed by atoms with E-state index >= 15 is 0 Å². The molecule has 1 heterocycles. The maximum atomic E-state index is 12.5. The van der Waals surface area contributed by atoms with E-state index in [1.807, 2.05) is 0 Å². The van der Waals surface area contributed by atoms with Crippen molar-refractivity contribution in [3.63, 3.8) is 0 Å². The Morgan fingerprint density at radius 2 is 1.48 bits per heavy atom. The number of methoxy groups -OCH3 is 1. The predicted octanol–water partition coefficient (Wildman–Crippen LogP) is 3.14. The maximum Gasteiger partial charge on any atom is 0.261 e. The summed E-state index contributed by atoms with van der Waals surface area (Å²) in [5.41, 5.74) is 1.37. The molecule has 7 nitrogen and oxygen atoms in total. The highest BCUT2D eigenvalue weighted by Crippen LogP contribution is 2.20. The molecule has 0 radical (unpaired) electrons. The molecule has 0 unspecified atom stereocenters. The Balaban J connectivity index is 1.70. The molecule has 2 N–H and O–H groups in total. The molecule has 27 heavy (non-hydrogen) atoms. The van der Waals surface area contributed by atoms with Gasteiger partial charge < -0.3 is 10.1 Å². The van der Waals surface area contributed by atoms with Crippen molar-refractivity contribution in [3.05, 3.63) is 78.6 Å². The van der Waals surface area contributed by atoms with Gasteiger partial charge in [-0.1, -0.05) is 0 Å². The minimum Gasteiger partial charge on any atom is -0.497 e. The number of amides is 1. The van der Waals surface area contributed by atoms with Crippen LogP contribution in [0.4, 0.5) is 11.4 Å². The molecule has 138 valence electrons. The van der Waals surface area contributed by atoms with Gasteiger partial charge in [-0.05, 0) is 60.7 Å². The lowest BCUT2D eigenvalue weighted by atomic mass is 10.2. The van der Waals surface area contributed by atoms with Gasteiger partial charge in [-0.25, -0.2) is 8.42 Å². The molecule has 0 fully saturated rings. The van der Waals surface area contributed by atoms with E-state index in [-0.39, 0.29) is 10.8 Å². The number of nitrogens with zero attached hydrogens (tertiary/aromatic N) is 1. The van der Waals surface area contributed by atoms with Crippen LogP contribution in [0.2, 0.25) is 0 Å². The van der Waals surface area contributed by atoms with E-state index in [2.05, 4.69) is 15.0 Å². The first kappa shape index (κ1) is 18.4. The Bertz CT molecular complexity index is 1020. The van der Waals surface area contributed by atoms with Gasteiger partial charge in [-0.2, -0.15) is 0 Å². The number of hydrogen-bond donors (Lipinski definition) is 2. The van der Waals surface area contributed by atoms with Gasteiger partial charge in [0, 0.05) is 29.3 Å². The SMILES string of the molecule is COc1ccc(NS(=O)(=O)c2ccc(NC(=O)c3ccncc3)cc2)cc1. The highest BCUT2D eigenvalue weighted by molar-refractivity contribution is 7.92. The summed E-state index contributed by atoms with van der Waals surface area (Å²) >= 11 is 0. The number of benzene rings is 2. The summed E-state index contributed by atoms with van der Waals surface area (Å²) in [6.45, 7) is 0. The standard InChI is InChI=1S/C19H17N3O4S/c1-26-17-6-2-16(3-7-17)22-27(24,25)18-8-4-15(5-9-18)21-19(23)14-10-12-20-13-11-14/h2-13,22H,1H3,(H,21,23). The van der Waals surface area contributed by atoms with Crippen molar-refractivity contribution in [2.75, 3.05) is 17.1 Å². The van der Waals surface area contributed by atoms with E-state index in [1.165, 1.54) is 43.8 Å². The summed E-state index contributed by atoms with van der Waals surface area (Å²) in [5.74, 6) is 0.330. The van der Waals surface area contributed by atoms with Crippen molar-refractivity contribution in [2.45, 2.75) is 4.90 Å². The molecule has 3 rings (SSSR count). The second kappa shape index (κ2) is 7.88. The van der Waals surface area contributed by atoms with Gasteiger partial charge >= 0.3 is 0 Å². The molecule has 0 spiro atoms. The lowest BCUT2D eigenvalue weighted by Gasteiger charge is -2.10. The average molecular weight is 383 g/mol. The first-order chi connectivity index (χ1) is 13.0. The molecule has 1 amide bonds. The molecule has 2 aromatic carbocycles. The number of anilines is 2. The fraction of sp³-hybridized carbons (Fsp3) is 0.0526. The number of nitrogens with one attached hydrogen (secondary N) is 2. The van der Waals surface area contributed by atoms with E-state index < -0.39 is 10.0 Å². The number of sulfonamides is 1. The fourth-order valence-electron chi connectivity index (χ4n) is 2.30. The number of aromatic nitrogens is 1. The van der Waals surface area contributed by atoms with Crippen LogP contribution < -0.4 is 14.8 Å². The second-order valence-electron chi connectivity index (χ2n) is 5.55. The van der Waals surface area contributed by atoms with Crippen LogP contribution >= 0.6 is 0 Å². The molecule has 0 aliphatic rings. The zero-order valence-corrected chi connectivity index (χ0v) is 15.2. The van der Waals surface area contributed by atoms with Gasteiger partial charge in [0.1, 0.15) is 5.75 Å². The van der Waals surface area contributed by atoms with Crippen molar-refractivity contribution in [3.8, 4) is 5.75 Å². The van der Waals surface area contributed by atoms with Crippen molar-refractivity contribution in [1.29, 1.82) is 0 Å². The molecule has 0 atom stereocenters. The zero-order valence-electron chi connectivity index (χ0n) is 14.4. The third kappa shape index (κ3) is 4.62. The van der Waals surface area contributed by atoms with Gasteiger partial charge in [-0.15, -0.1) is 0 Å². The Kier molecular flexibility index (Phi) is 5.37. The molecule has 8 heteroatoms. The molecular formula is C19H17N3O4S. The minimum absolute atomic E-state index is 0.0835. The van der Waals surface area contributed by atoms with E-state index in [9.17, 15) is 13.2 Å². The Hall–Kier alpha value is -3.39. The third-order valence-electron chi connectivity index (χ3n) is 3.71. The summed E-state index contributed by atoms with van der Waals surface area (Å²) in [5, 5.41) is 2.70. The molecule has 1 aromatic heterocycles. The number of carbonyl (C=O) groups excluding carboxylic acids is 1. The molecule has 0 saturated heterocycles. The van der Waals surface area contributed by atoms with Crippen LogP contribution in [0.1, 0.15) is 10.4 Å². The number of pyridine rings is 1. The Labute approximate surface area is 157 Å². The molecular weight excluding hydrogens is 366 g/mol. The number of hydrogen-bond acceptors (Lipinski definition) is 5. The van der Waals surface area contributed by atoms with E-state index in [0.717, 1.165) is 0 Å². The van der Waals surface area contributed by atoms with E-state index in [1.54, 1.807) is 36.4 Å². The van der Waals surface area contributed by atoms with E-state index in [4.69, 9.17) is 4.74 Å². The quantitative estimate of drug-likeness (QED) is 0.681. The number of carbonyl (C=O) groups is 1. The Morgan fingerprint density at radius 3 is 2.07 bits per heavy atom. The van der Waals surface area contributed by atoms with E-state index in [0.29, 0.717) is 22.7 Å². The molecule has 3 aromatic rings. The minimum atomic E-state index is -3.74.